The first kappa shape index (κ1) is 14.0. The first-order chi connectivity index (χ1) is 10.8. The van der Waals surface area contributed by atoms with Crippen LogP contribution in [0, 0.1) is 5.82 Å². The number of anilines is 2. The minimum atomic E-state index is -0.268. The van der Waals surface area contributed by atoms with Gasteiger partial charge >= 0.3 is 0 Å². The predicted molar refractivity (Wildman–Crippen MR) is 79.6 cm³/mol. The van der Waals surface area contributed by atoms with Crippen LogP contribution in [0.2, 0.25) is 0 Å². The SMILES string of the molecule is Fc1ccccc1CNc1nncc(NCc2ccco2)n1. The minimum absolute atomic E-state index is 0.268. The van der Waals surface area contributed by atoms with E-state index in [2.05, 4.69) is 25.8 Å². The van der Waals surface area contributed by atoms with Crippen molar-refractivity contribution in [2.24, 2.45) is 0 Å². The molecule has 2 heterocycles. The summed E-state index contributed by atoms with van der Waals surface area (Å²) >= 11 is 0. The van der Waals surface area contributed by atoms with Crippen LogP contribution in [0.5, 0.6) is 0 Å². The van der Waals surface area contributed by atoms with Crippen LogP contribution in [0.1, 0.15) is 11.3 Å². The van der Waals surface area contributed by atoms with Gasteiger partial charge in [-0.2, -0.15) is 10.1 Å². The van der Waals surface area contributed by atoms with Gasteiger partial charge in [0.25, 0.3) is 0 Å². The molecule has 0 radical (unpaired) electrons. The molecule has 3 aromatic rings. The summed E-state index contributed by atoms with van der Waals surface area (Å²) in [7, 11) is 0. The summed E-state index contributed by atoms with van der Waals surface area (Å²) in [5.41, 5.74) is 0.542. The average Bonchev–Trinajstić information content (AvgIpc) is 3.06. The number of aromatic nitrogens is 3. The highest BCUT2D eigenvalue weighted by Gasteiger charge is 2.04. The lowest BCUT2D eigenvalue weighted by atomic mass is 10.2. The van der Waals surface area contributed by atoms with Gasteiger partial charge < -0.3 is 15.1 Å². The lowest BCUT2D eigenvalue weighted by Crippen LogP contribution is -2.08. The molecule has 0 unspecified atom stereocenters. The summed E-state index contributed by atoms with van der Waals surface area (Å²) < 4.78 is 18.8. The fourth-order valence-corrected chi connectivity index (χ4v) is 1.87. The van der Waals surface area contributed by atoms with E-state index in [9.17, 15) is 4.39 Å². The molecule has 2 N–H and O–H groups in total. The number of nitrogens with zero attached hydrogens (tertiary/aromatic N) is 3. The zero-order valence-electron chi connectivity index (χ0n) is 11.7. The standard InChI is InChI=1S/C15H14FN5O/c16-13-6-2-1-4-11(13)8-18-15-20-14(10-19-21-15)17-9-12-5-3-7-22-12/h1-7,10H,8-9H2,(H2,17,18,20,21). The molecule has 7 heteroatoms. The molecule has 0 saturated heterocycles. The second-order valence-electron chi connectivity index (χ2n) is 4.54. The van der Waals surface area contributed by atoms with Gasteiger partial charge in [0.2, 0.25) is 5.95 Å². The van der Waals surface area contributed by atoms with E-state index in [1.54, 1.807) is 24.5 Å². The number of benzene rings is 1. The summed E-state index contributed by atoms with van der Waals surface area (Å²) in [5.74, 6) is 1.41. The molecule has 0 aliphatic heterocycles. The van der Waals surface area contributed by atoms with Crippen LogP contribution in [0.15, 0.2) is 53.3 Å². The van der Waals surface area contributed by atoms with Crippen molar-refractivity contribution in [2.45, 2.75) is 13.1 Å². The first-order valence-corrected chi connectivity index (χ1v) is 6.74. The Hall–Kier alpha value is -2.96. The van der Waals surface area contributed by atoms with Crippen LogP contribution in [0.3, 0.4) is 0 Å². The van der Waals surface area contributed by atoms with Crippen molar-refractivity contribution < 1.29 is 8.81 Å². The van der Waals surface area contributed by atoms with Crippen LogP contribution in [0.25, 0.3) is 0 Å². The van der Waals surface area contributed by atoms with Crippen molar-refractivity contribution >= 4 is 11.8 Å². The number of halogens is 1. The molecule has 0 aliphatic rings. The van der Waals surface area contributed by atoms with Crippen molar-refractivity contribution in [1.29, 1.82) is 0 Å². The largest absolute Gasteiger partial charge is 0.467 e. The summed E-state index contributed by atoms with van der Waals surface area (Å²) in [6, 6.07) is 10.2. The second kappa shape index (κ2) is 6.66. The minimum Gasteiger partial charge on any atom is -0.467 e. The Morgan fingerprint density at radius 3 is 2.77 bits per heavy atom. The predicted octanol–water partition coefficient (Wildman–Crippen LogP) is 2.83. The Kier molecular flexibility index (Phi) is 4.24. The van der Waals surface area contributed by atoms with E-state index in [1.807, 2.05) is 12.1 Å². The monoisotopic (exact) mass is 299 g/mol. The van der Waals surface area contributed by atoms with Crippen molar-refractivity contribution in [3.8, 4) is 0 Å². The summed E-state index contributed by atoms with van der Waals surface area (Å²) in [6.45, 7) is 0.786. The van der Waals surface area contributed by atoms with Gasteiger partial charge in [-0.3, -0.25) is 0 Å². The number of furan rings is 1. The number of rotatable bonds is 6. The fourth-order valence-electron chi connectivity index (χ4n) is 1.87. The molecule has 112 valence electrons. The van der Waals surface area contributed by atoms with E-state index >= 15 is 0 Å². The Bertz CT molecular complexity index is 732. The van der Waals surface area contributed by atoms with E-state index < -0.39 is 0 Å². The number of hydrogen-bond donors (Lipinski definition) is 2. The van der Waals surface area contributed by atoms with Gasteiger partial charge in [-0.05, 0) is 18.2 Å². The zero-order valence-corrected chi connectivity index (χ0v) is 11.7. The number of hydrogen-bond acceptors (Lipinski definition) is 6. The first-order valence-electron chi connectivity index (χ1n) is 6.74. The fraction of sp³-hybridized carbons (Fsp3) is 0.133. The van der Waals surface area contributed by atoms with Crippen molar-refractivity contribution in [3.63, 3.8) is 0 Å². The normalized spacial score (nSPS) is 10.4. The topological polar surface area (TPSA) is 75.9 Å². The molecule has 0 bridgehead atoms. The van der Waals surface area contributed by atoms with Crippen molar-refractivity contribution in [1.82, 2.24) is 15.2 Å². The summed E-state index contributed by atoms with van der Waals surface area (Å²) in [5, 5.41) is 13.8. The Labute approximate surface area is 126 Å². The molecule has 0 spiro atoms. The Morgan fingerprint density at radius 2 is 1.95 bits per heavy atom. The molecule has 0 amide bonds. The zero-order chi connectivity index (χ0) is 15.2. The molecule has 1 aromatic carbocycles. The Balaban J connectivity index is 1.60. The highest BCUT2D eigenvalue weighted by molar-refractivity contribution is 5.37. The smallest absolute Gasteiger partial charge is 0.244 e. The van der Waals surface area contributed by atoms with Crippen LogP contribution in [-0.2, 0) is 13.1 Å². The Morgan fingerprint density at radius 1 is 1.05 bits per heavy atom. The lowest BCUT2D eigenvalue weighted by Gasteiger charge is -2.07. The van der Waals surface area contributed by atoms with Crippen LogP contribution >= 0.6 is 0 Å². The lowest BCUT2D eigenvalue weighted by molar-refractivity contribution is 0.517. The third kappa shape index (κ3) is 3.57. The van der Waals surface area contributed by atoms with E-state index in [-0.39, 0.29) is 12.4 Å². The molecule has 6 nitrogen and oxygen atoms in total. The maximum absolute atomic E-state index is 13.5. The van der Waals surface area contributed by atoms with Crippen molar-refractivity contribution in [2.75, 3.05) is 10.6 Å². The maximum Gasteiger partial charge on any atom is 0.244 e. The van der Waals surface area contributed by atoms with Gasteiger partial charge in [0.15, 0.2) is 5.82 Å². The molecular weight excluding hydrogens is 285 g/mol. The van der Waals surface area contributed by atoms with Gasteiger partial charge in [-0.25, -0.2) is 4.39 Å². The molecule has 22 heavy (non-hydrogen) atoms. The van der Waals surface area contributed by atoms with Crippen LogP contribution in [0.4, 0.5) is 16.2 Å². The van der Waals surface area contributed by atoms with Gasteiger partial charge in [-0.1, -0.05) is 18.2 Å². The average molecular weight is 299 g/mol. The van der Waals surface area contributed by atoms with Crippen molar-refractivity contribution in [3.05, 3.63) is 66.0 Å². The molecule has 2 aromatic heterocycles. The van der Waals surface area contributed by atoms with E-state index in [0.29, 0.717) is 23.9 Å². The maximum atomic E-state index is 13.5. The van der Waals surface area contributed by atoms with Crippen LogP contribution < -0.4 is 10.6 Å². The highest BCUT2D eigenvalue weighted by Crippen LogP contribution is 2.10. The molecule has 3 rings (SSSR count). The molecule has 0 saturated carbocycles. The van der Waals surface area contributed by atoms with Gasteiger partial charge in [0.1, 0.15) is 11.6 Å². The molecule has 0 fully saturated rings. The van der Waals surface area contributed by atoms with E-state index in [0.717, 1.165) is 5.76 Å². The van der Waals surface area contributed by atoms with Gasteiger partial charge in [0, 0.05) is 12.1 Å². The second-order valence-corrected chi connectivity index (χ2v) is 4.54. The molecule has 0 atom stereocenters. The van der Waals surface area contributed by atoms with Gasteiger partial charge in [-0.15, -0.1) is 5.10 Å². The summed E-state index contributed by atoms with van der Waals surface area (Å²) in [4.78, 5) is 4.26. The van der Waals surface area contributed by atoms with E-state index in [4.69, 9.17) is 4.42 Å². The quantitative estimate of drug-likeness (QED) is 0.729. The van der Waals surface area contributed by atoms with E-state index in [1.165, 1.54) is 12.3 Å². The molecule has 0 aliphatic carbocycles. The number of nitrogens with one attached hydrogen (secondary N) is 2. The summed E-state index contributed by atoms with van der Waals surface area (Å²) in [6.07, 6.45) is 3.12. The van der Waals surface area contributed by atoms with Gasteiger partial charge in [0.05, 0.1) is 19.0 Å². The highest BCUT2D eigenvalue weighted by atomic mass is 19.1. The third-order valence-corrected chi connectivity index (χ3v) is 2.98. The van der Waals surface area contributed by atoms with Crippen LogP contribution in [-0.4, -0.2) is 15.2 Å². The molecular formula is C15H14FN5O. The third-order valence-electron chi connectivity index (χ3n) is 2.98.